The zero-order valence-electron chi connectivity index (χ0n) is 11.5. The molecule has 0 bridgehead atoms. The Balaban J connectivity index is 2.34. The lowest BCUT2D eigenvalue weighted by molar-refractivity contribution is -0.124. The maximum absolute atomic E-state index is 11.9. The van der Waals surface area contributed by atoms with Gasteiger partial charge in [-0.25, -0.2) is 0 Å². The Morgan fingerprint density at radius 1 is 1.37 bits per heavy atom. The minimum Gasteiger partial charge on any atom is -0.393 e. The van der Waals surface area contributed by atoms with E-state index in [1.807, 2.05) is 38.1 Å². The predicted molar refractivity (Wildman–Crippen MR) is 80.9 cm³/mol. The van der Waals surface area contributed by atoms with Crippen LogP contribution in [0.2, 0.25) is 0 Å². The van der Waals surface area contributed by atoms with E-state index in [-0.39, 0.29) is 17.9 Å². The molecule has 0 saturated carbocycles. The van der Waals surface area contributed by atoms with E-state index in [0.717, 1.165) is 22.9 Å². The molecule has 1 aromatic carbocycles. The highest BCUT2D eigenvalue weighted by Gasteiger charge is 2.13. The quantitative estimate of drug-likeness (QED) is 0.809. The number of aliphatic hydroxyl groups is 1. The van der Waals surface area contributed by atoms with E-state index >= 15 is 0 Å². The van der Waals surface area contributed by atoms with Gasteiger partial charge in [-0.3, -0.25) is 4.79 Å². The first kappa shape index (κ1) is 16.2. The molecular weight excluding hydrogens is 306 g/mol. The topological polar surface area (TPSA) is 49.3 Å². The number of carbonyl (C=O) groups is 1. The van der Waals surface area contributed by atoms with Crippen molar-refractivity contribution in [2.45, 2.75) is 39.2 Å². The normalized spacial score (nSPS) is 13.9. The molecule has 0 radical (unpaired) electrons. The highest BCUT2D eigenvalue weighted by atomic mass is 79.9. The van der Waals surface area contributed by atoms with Crippen LogP contribution in [0.3, 0.4) is 0 Å². The van der Waals surface area contributed by atoms with Gasteiger partial charge in [0, 0.05) is 16.9 Å². The van der Waals surface area contributed by atoms with Gasteiger partial charge in [0.2, 0.25) is 5.91 Å². The zero-order valence-corrected chi connectivity index (χ0v) is 13.1. The van der Waals surface area contributed by atoms with Gasteiger partial charge in [0.15, 0.2) is 0 Å². The number of amides is 1. The molecule has 1 rings (SSSR count). The van der Waals surface area contributed by atoms with Crippen LogP contribution in [0.4, 0.5) is 0 Å². The Kier molecular flexibility index (Phi) is 7.10. The summed E-state index contributed by atoms with van der Waals surface area (Å²) in [6.07, 6.45) is 1.76. The fourth-order valence-corrected chi connectivity index (χ4v) is 2.07. The molecular formula is C15H22BrNO2. The summed E-state index contributed by atoms with van der Waals surface area (Å²) in [6.45, 7) is 4.40. The maximum Gasteiger partial charge on any atom is 0.223 e. The number of aliphatic hydroxyl groups excluding tert-OH is 1. The van der Waals surface area contributed by atoms with E-state index in [2.05, 4.69) is 21.2 Å². The standard InChI is InChI=1S/C15H22BrNO2/c1-3-14(18)8-9-17-15(19)11(2)10-12-4-6-13(16)7-5-12/h4-7,11,14,18H,3,8-10H2,1-2H3,(H,17,19). The van der Waals surface area contributed by atoms with Crippen molar-refractivity contribution in [3.63, 3.8) is 0 Å². The molecule has 2 N–H and O–H groups in total. The van der Waals surface area contributed by atoms with Crippen LogP contribution in [-0.4, -0.2) is 23.7 Å². The molecule has 0 fully saturated rings. The largest absolute Gasteiger partial charge is 0.393 e. The Labute approximate surface area is 123 Å². The molecule has 0 aliphatic rings. The van der Waals surface area contributed by atoms with Gasteiger partial charge in [-0.1, -0.05) is 41.9 Å². The molecule has 106 valence electrons. The lowest BCUT2D eigenvalue weighted by Crippen LogP contribution is -2.32. The van der Waals surface area contributed by atoms with Gasteiger partial charge < -0.3 is 10.4 Å². The highest BCUT2D eigenvalue weighted by molar-refractivity contribution is 9.10. The first-order chi connectivity index (χ1) is 9.02. The molecule has 0 aliphatic heterocycles. The number of hydrogen-bond donors (Lipinski definition) is 2. The summed E-state index contributed by atoms with van der Waals surface area (Å²) in [7, 11) is 0. The van der Waals surface area contributed by atoms with Crippen molar-refractivity contribution in [3.05, 3.63) is 34.3 Å². The van der Waals surface area contributed by atoms with Crippen LogP contribution >= 0.6 is 15.9 Å². The van der Waals surface area contributed by atoms with E-state index in [4.69, 9.17) is 0 Å². The van der Waals surface area contributed by atoms with Crippen LogP contribution in [-0.2, 0) is 11.2 Å². The first-order valence-corrected chi connectivity index (χ1v) is 7.52. The van der Waals surface area contributed by atoms with Crippen molar-refractivity contribution in [1.29, 1.82) is 0 Å². The van der Waals surface area contributed by atoms with Crippen molar-refractivity contribution in [3.8, 4) is 0 Å². The minimum atomic E-state index is -0.318. The zero-order chi connectivity index (χ0) is 14.3. The van der Waals surface area contributed by atoms with Gasteiger partial charge in [0.05, 0.1) is 6.10 Å². The second-order valence-electron chi connectivity index (χ2n) is 4.87. The molecule has 1 aromatic rings. The van der Waals surface area contributed by atoms with E-state index in [1.54, 1.807) is 0 Å². The van der Waals surface area contributed by atoms with Crippen molar-refractivity contribution >= 4 is 21.8 Å². The molecule has 0 heterocycles. The van der Waals surface area contributed by atoms with Gasteiger partial charge in [-0.15, -0.1) is 0 Å². The van der Waals surface area contributed by atoms with E-state index in [9.17, 15) is 9.90 Å². The fourth-order valence-electron chi connectivity index (χ4n) is 1.81. The summed E-state index contributed by atoms with van der Waals surface area (Å²) < 4.78 is 1.04. The van der Waals surface area contributed by atoms with Crippen LogP contribution in [0.15, 0.2) is 28.7 Å². The van der Waals surface area contributed by atoms with Gasteiger partial charge >= 0.3 is 0 Å². The Morgan fingerprint density at radius 2 is 2.00 bits per heavy atom. The second kappa shape index (κ2) is 8.33. The average Bonchev–Trinajstić information content (AvgIpc) is 2.40. The Morgan fingerprint density at radius 3 is 2.58 bits per heavy atom. The summed E-state index contributed by atoms with van der Waals surface area (Å²) in [6, 6.07) is 8.01. The molecule has 1 amide bonds. The molecule has 2 unspecified atom stereocenters. The number of carbonyl (C=O) groups excluding carboxylic acids is 1. The van der Waals surface area contributed by atoms with Gasteiger partial charge in [-0.2, -0.15) is 0 Å². The molecule has 0 spiro atoms. The second-order valence-corrected chi connectivity index (χ2v) is 5.79. The highest BCUT2D eigenvalue weighted by Crippen LogP contribution is 2.14. The summed E-state index contributed by atoms with van der Waals surface area (Å²) >= 11 is 3.39. The van der Waals surface area contributed by atoms with Crippen LogP contribution in [0.5, 0.6) is 0 Å². The van der Waals surface area contributed by atoms with Crippen LogP contribution < -0.4 is 5.32 Å². The fraction of sp³-hybridized carbons (Fsp3) is 0.533. The van der Waals surface area contributed by atoms with E-state index < -0.39 is 0 Å². The third-order valence-electron chi connectivity index (χ3n) is 3.15. The number of benzene rings is 1. The number of halogens is 1. The molecule has 4 heteroatoms. The Bertz CT molecular complexity index is 392. The first-order valence-electron chi connectivity index (χ1n) is 6.73. The van der Waals surface area contributed by atoms with E-state index in [1.165, 1.54) is 0 Å². The molecule has 2 atom stereocenters. The Hall–Kier alpha value is -0.870. The average molecular weight is 328 g/mol. The number of rotatable bonds is 7. The summed E-state index contributed by atoms with van der Waals surface area (Å²) in [5.74, 6) is -0.00818. The summed E-state index contributed by atoms with van der Waals surface area (Å²) in [5, 5.41) is 12.3. The van der Waals surface area contributed by atoms with Crippen LogP contribution in [0.25, 0.3) is 0 Å². The molecule has 0 aliphatic carbocycles. The predicted octanol–water partition coefficient (Wildman–Crippen LogP) is 2.90. The third kappa shape index (κ3) is 6.21. The molecule has 19 heavy (non-hydrogen) atoms. The van der Waals surface area contributed by atoms with Crippen LogP contribution in [0, 0.1) is 5.92 Å². The van der Waals surface area contributed by atoms with Gasteiger partial charge in [0.1, 0.15) is 0 Å². The molecule has 0 aromatic heterocycles. The van der Waals surface area contributed by atoms with Gasteiger partial charge in [-0.05, 0) is 37.0 Å². The molecule has 0 saturated heterocycles. The minimum absolute atomic E-state index is 0.0474. The summed E-state index contributed by atoms with van der Waals surface area (Å²) in [5.41, 5.74) is 1.15. The van der Waals surface area contributed by atoms with Gasteiger partial charge in [0.25, 0.3) is 0 Å². The number of nitrogens with one attached hydrogen (secondary N) is 1. The van der Waals surface area contributed by atoms with Crippen LogP contribution in [0.1, 0.15) is 32.3 Å². The van der Waals surface area contributed by atoms with Crippen molar-refractivity contribution in [2.75, 3.05) is 6.54 Å². The third-order valence-corrected chi connectivity index (χ3v) is 3.68. The lowest BCUT2D eigenvalue weighted by Gasteiger charge is -2.13. The smallest absolute Gasteiger partial charge is 0.223 e. The number of hydrogen-bond acceptors (Lipinski definition) is 2. The van der Waals surface area contributed by atoms with Crippen molar-refractivity contribution < 1.29 is 9.90 Å². The SMILES string of the molecule is CCC(O)CCNC(=O)C(C)Cc1ccc(Br)cc1. The van der Waals surface area contributed by atoms with E-state index in [0.29, 0.717) is 13.0 Å². The van der Waals surface area contributed by atoms with Crippen molar-refractivity contribution in [2.24, 2.45) is 5.92 Å². The monoisotopic (exact) mass is 327 g/mol. The maximum atomic E-state index is 11.9. The van der Waals surface area contributed by atoms with Crippen molar-refractivity contribution in [1.82, 2.24) is 5.32 Å². The molecule has 3 nitrogen and oxygen atoms in total. The lowest BCUT2D eigenvalue weighted by atomic mass is 10.0. The summed E-state index contributed by atoms with van der Waals surface area (Å²) in [4.78, 5) is 11.9.